The van der Waals surface area contributed by atoms with Gasteiger partial charge >= 0.3 is 5.97 Å². The van der Waals surface area contributed by atoms with Crippen LogP contribution in [0.1, 0.15) is 284 Å². The molecule has 1 amide bonds. The fraction of sp³-hybridized carbons (Fsp3) is 0.857. The highest BCUT2D eigenvalue weighted by atomic mass is 16.5. The van der Waals surface area contributed by atoms with Gasteiger partial charge in [0.1, 0.15) is 0 Å². The van der Waals surface area contributed by atoms with Gasteiger partial charge in [-0.3, -0.25) is 9.59 Å². The molecule has 0 spiro atoms. The van der Waals surface area contributed by atoms with E-state index in [1.165, 1.54) is 173 Å². The summed E-state index contributed by atoms with van der Waals surface area (Å²) in [4.78, 5) is 24.5. The third kappa shape index (κ3) is 47.6. The van der Waals surface area contributed by atoms with Crippen LogP contribution in [0.4, 0.5) is 0 Å². The summed E-state index contributed by atoms with van der Waals surface area (Å²) in [7, 11) is 0. The maximum Gasteiger partial charge on any atom is 0.305 e. The van der Waals surface area contributed by atoms with Gasteiger partial charge in [-0.1, -0.05) is 217 Å². The Kier molecular flexibility index (Phi) is 50.1. The average molecular weight is 872 g/mol. The van der Waals surface area contributed by atoms with Gasteiger partial charge in [0.15, 0.2) is 0 Å². The molecule has 2 atom stereocenters. The number of ether oxygens (including phenoxy) is 1. The lowest BCUT2D eigenvalue weighted by Crippen LogP contribution is -2.45. The van der Waals surface area contributed by atoms with Gasteiger partial charge in [0.2, 0.25) is 5.91 Å². The normalized spacial score (nSPS) is 12.9. The maximum atomic E-state index is 12.4. The molecule has 0 saturated heterocycles. The topological polar surface area (TPSA) is 95.9 Å². The first kappa shape index (κ1) is 60.1. The average Bonchev–Trinajstić information content (AvgIpc) is 3.27. The lowest BCUT2D eigenvalue weighted by molar-refractivity contribution is -0.143. The summed E-state index contributed by atoms with van der Waals surface area (Å²) in [5.41, 5.74) is 0. The van der Waals surface area contributed by atoms with E-state index in [4.69, 9.17) is 4.74 Å². The Morgan fingerprint density at radius 2 is 0.758 bits per heavy atom. The van der Waals surface area contributed by atoms with Crippen LogP contribution < -0.4 is 5.32 Å². The number of esters is 1. The van der Waals surface area contributed by atoms with Gasteiger partial charge in [-0.2, -0.15) is 0 Å². The Morgan fingerprint density at radius 1 is 0.435 bits per heavy atom. The number of aliphatic hydroxyl groups excluding tert-OH is 2. The number of allylic oxidation sites excluding steroid dienone is 5. The quantitative estimate of drug-likeness (QED) is 0.0321. The SMILES string of the molecule is CCCCCCCCC/C=C\CCCCCCCC(=O)OCCCCC/C=C\CCCCCCCC(=O)NC(CO)C(O)/C=C/CCCCCCCCCCCCCCCCC. The molecular weight excluding hydrogens is 767 g/mol. The molecule has 0 rings (SSSR count). The Hall–Kier alpha value is -1.92. The lowest BCUT2D eigenvalue weighted by Gasteiger charge is -2.20. The molecule has 0 aliphatic rings. The van der Waals surface area contributed by atoms with Crippen molar-refractivity contribution in [3.05, 3.63) is 36.5 Å². The third-order valence-electron chi connectivity index (χ3n) is 12.4. The minimum atomic E-state index is -0.861. The monoisotopic (exact) mass is 872 g/mol. The van der Waals surface area contributed by atoms with Crippen LogP contribution in [0.3, 0.4) is 0 Å². The molecule has 62 heavy (non-hydrogen) atoms. The smallest absolute Gasteiger partial charge is 0.305 e. The standard InChI is InChI=1S/C56H105NO5/c1-3-5-7-9-11-13-15-17-19-21-22-24-28-32-36-40-44-48-54(59)53(52-58)57-55(60)49-45-41-37-33-29-26-27-31-35-39-43-47-51-62-56(61)50-46-42-38-34-30-25-23-20-18-16-14-12-10-8-6-4-2/h20,23,27,31,44,48,53-54,58-59H,3-19,21-22,24-26,28-30,32-43,45-47,49-52H2,1-2H3,(H,57,60)/b23-20-,31-27-,48-44+. The van der Waals surface area contributed by atoms with Crippen molar-refractivity contribution in [1.29, 1.82) is 0 Å². The van der Waals surface area contributed by atoms with Crippen molar-refractivity contribution in [2.24, 2.45) is 0 Å². The number of unbranched alkanes of at least 4 members (excludes halogenated alkanes) is 35. The third-order valence-corrected chi connectivity index (χ3v) is 12.4. The fourth-order valence-electron chi connectivity index (χ4n) is 8.15. The van der Waals surface area contributed by atoms with E-state index < -0.39 is 12.1 Å². The minimum absolute atomic E-state index is 0.0320. The molecule has 6 nitrogen and oxygen atoms in total. The van der Waals surface area contributed by atoms with Gasteiger partial charge in [-0.25, -0.2) is 0 Å². The number of rotatable bonds is 50. The summed E-state index contributed by atoms with van der Waals surface area (Å²) >= 11 is 0. The van der Waals surface area contributed by atoms with Crippen molar-refractivity contribution in [2.75, 3.05) is 13.2 Å². The summed E-state index contributed by atoms with van der Waals surface area (Å²) in [6, 6.07) is -0.647. The van der Waals surface area contributed by atoms with Crippen LogP contribution in [0.5, 0.6) is 0 Å². The van der Waals surface area contributed by atoms with Crippen molar-refractivity contribution < 1.29 is 24.5 Å². The molecule has 0 fully saturated rings. The van der Waals surface area contributed by atoms with Crippen LogP contribution in [0, 0.1) is 0 Å². The van der Waals surface area contributed by atoms with Crippen molar-refractivity contribution in [3.8, 4) is 0 Å². The molecule has 3 N–H and O–H groups in total. The summed E-state index contributed by atoms with van der Waals surface area (Å²) in [6.07, 6.45) is 62.9. The molecule has 2 unspecified atom stereocenters. The summed E-state index contributed by atoms with van der Waals surface area (Å²) in [6.45, 7) is 4.84. The summed E-state index contributed by atoms with van der Waals surface area (Å²) in [5.74, 6) is -0.126. The largest absolute Gasteiger partial charge is 0.466 e. The van der Waals surface area contributed by atoms with E-state index in [0.717, 1.165) is 83.5 Å². The molecule has 0 heterocycles. The van der Waals surface area contributed by atoms with Crippen LogP contribution in [0.2, 0.25) is 0 Å². The molecule has 364 valence electrons. The van der Waals surface area contributed by atoms with Crippen molar-refractivity contribution >= 4 is 11.9 Å². The van der Waals surface area contributed by atoms with Crippen LogP contribution in [-0.2, 0) is 14.3 Å². The van der Waals surface area contributed by atoms with Crippen LogP contribution in [-0.4, -0.2) is 47.4 Å². The molecule has 0 aromatic rings. The number of carbonyl (C=O) groups is 2. The highest BCUT2D eigenvalue weighted by Crippen LogP contribution is 2.15. The maximum absolute atomic E-state index is 12.4. The van der Waals surface area contributed by atoms with Gasteiger partial charge in [0.25, 0.3) is 0 Å². The zero-order valence-electron chi connectivity index (χ0n) is 41.4. The molecule has 0 radical (unpaired) electrons. The highest BCUT2D eigenvalue weighted by molar-refractivity contribution is 5.76. The minimum Gasteiger partial charge on any atom is -0.466 e. The molecule has 0 aliphatic carbocycles. The van der Waals surface area contributed by atoms with Crippen molar-refractivity contribution in [1.82, 2.24) is 5.32 Å². The second-order valence-corrected chi connectivity index (χ2v) is 18.5. The van der Waals surface area contributed by atoms with E-state index in [1.54, 1.807) is 6.08 Å². The molecular formula is C56H105NO5. The Balaban J connectivity index is 3.54. The van der Waals surface area contributed by atoms with E-state index in [1.807, 2.05) is 6.08 Å². The fourth-order valence-corrected chi connectivity index (χ4v) is 8.15. The molecule has 0 aliphatic heterocycles. The van der Waals surface area contributed by atoms with E-state index in [9.17, 15) is 19.8 Å². The second kappa shape index (κ2) is 51.7. The van der Waals surface area contributed by atoms with Gasteiger partial charge in [-0.05, 0) is 89.9 Å². The number of hydrogen-bond acceptors (Lipinski definition) is 5. The van der Waals surface area contributed by atoms with Gasteiger partial charge in [0.05, 0.1) is 25.4 Å². The Labute approximate surface area is 385 Å². The van der Waals surface area contributed by atoms with E-state index in [-0.39, 0.29) is 18.5 Å². The van der Waals surface area contributed by atoms with E-state index >= 15 is 0 Å². The van der Waals surface area contributed by atoms with E-state index in [2.05, 4.69) is 43.5 Å². The van der Waals surface area contributed by atoms with Crippen LogP contribution >= 0.6 is 0 Å². The summed E-state index contributed by atoms with van der Waals surface area (Å²) in [5, 5.41) is 23.1. The number of carbonyl (C=O) groups excluding carboxylic acids is 2. The predicted molar refractivity (Wildman–Crippen MR) is 269 cm³/mol. The highest BCUT2D eigenvalue weighted by Gasteiger charge is 2.18. The first-order valence-corrected chi connectivity index (χ1v) is 27.3. The lowest BCUT2D eigenvalue weighted by atomic mass is 10.0. The molecule has 0 bridgehead atoms. The zero-order valence-corrected chi connectivity index (χ0v) is 41.4. The predicted octanol–water partition coefficient (Wildman–Crippen LogP) is 16.5. The number of aliphatic hydroxyl groups is 2. The molecule has 6 heteroatoms. The molecule has 0 aromatic carbocycles. The van der Waals surface area contributed by atoms with Gasteiger partial charge in [0, 0.05) is 12.8 Å². The molecule has 0 aromatic heterocycles. The summed E-state index contributed by atoms with van der Waals surface area (Å²) < 4.78 is 5.45. The second-order valence-electron chi connectivity index (χ2n) is 18.5. The van der Waals surface area contributed by atoms with Crippen molar-refractivity contribution in [2.45, 2.75) is 296 Å². The zero-order chi connectivity index (χ0) is 45.1. The first-order chi connectivity index (χ1) is 30.5. The number of nitrogens with one attached hydrogen (secondary N) is 1. The Morgan fingerprint density at radius 3 is 1.15 bits per heavy atom. The van der Waals surface area contributed by atoms with Crippen LogP contribution in [0.15, 0.2) is 36.5 Å². The van der Waals surface area contributed by atoms with Crippen LogP contribution in [0.25, 0.3) is 0 Å². The number of amides is 1. The van der Waals surface area contributed by atoms with E-state index in [0.29, 0.717) is 19.4 Å². The first-order valence-electron chi connectivity index (χ1n) is 27.3. The number of hydrogen-bond donors (Lipinski definition) is 3. The molecule has 0 saturated carbocycles. The van der Waals surface area contributed by atoms with Crippen molar-refractivity contribution in [3.63, 3.8) is 0 Å². The van der Waals surface area contributed by atoms with Gasteiger partial charge in [-0.15, -0.1) is 0 Å². The van der Waals surface area contributed by atoms with Gasteiger partial charge < -0.3 is 20.3 Å². The Bertz CT molecular complexity index is 1010.